The third kappa shape index (κ3) is 3.95. The van der Waals surface area contributed by atoms with Crippen LogP contribution >= 0.6 is 0 Å². The Morgan fingerprint density at radius 1 is 1.25 bits per heavy atom. The Kier molecular flexibility index (Phi) is 5.98. The first-order chi connectivity index (χ1) is 11.3. The van der Waals surface area contributed by atoms with Crippen molar-refractivity contribution < 1.29 is 17.6 Å². The Hall–Kier alpha value is -1.47. The van der Waals surface area contributed by atoms with E-state index in [-0.39, 0.29) is 31.1 Å². The first-order valence-electron chi connectivity index (χ1n) is 8.24. The van der Waals surface area contributed by atoms with E-state index in [1.807, 2.05) is 6.92 Å². The van der Waals surface area contributed by atoms with Crippen LogP contribution in [0.1, 0.15) is 31.7 Å². The van der Waals surface area contributed by atoms with Crippen LogP contribution in [0.25, 0.3) is 0 Å². The zero-order valence-corrected chi connectivity index (χ0v) is 15.0. The number of nitrogens with zero attached hydrogens (tertiary/aromatic N) is 1. The quantitative estimate of drug-likeness (QED) is 0.843. The summed E-state index contributed by atoms with van der Waals surface area (Å²) < 4.78 is 36.6. The summed E-state index contributed by atoms with van der Waals surface area (Å²) >= 11 is 0. The fourth-order valence-corrected chi connectivity index (χ4v) is 4.59. The summed E-state index contributed by atoms with van der Waals surface area (Å²) in [7, 11) is -3.54. The highest BCUT2D eigenvalue weighted by atomic mass is 32.2. The molecule has 1 aromatic rings. The van der Waals surface area contributed by atoms with Gasteiger partial charge in [-0.25, -0.2) is 12.8 Å². The van der Waals surface area contributed by atoms with Crippen LogP contribution in [0, 0.1) is 5.82 Å². The van der Waals surface area contributed by atoms with E-state index in [2.05, 4.69) is 5.32 Å². The normalized spacial score (nSPS) is 17.5. The van der Waals surface area contributed by atoms with Gasteiger partial charge in [0.15, 0.2) is 14.6 Å². The number of hydrogen-bond acceptors (Lipinski definition) is 4. The summed E-state index contributed by atoms with van der Waals surface area (Å²) in [6, 6.07) is 5.95. The molecule has 1 amide bonds. The fourth-order valence-electron chi connectivity index (χ4n) is 3.19. The van der Waals surface area contributed by atoms with Crippen molar-refractivity contribution in [1.29, 1.82) is 0 Å². The lowest BCUT2D eigenvalue weighted by atomic mass is 9.94. The number of benzene rings is 1. The third-order valence-corrected chi connectivity index (χ3v) is 6.58. The van der Waals surface area contributed by atoms with Gasteiger partial charge in [0.2, 0.25) is 5.91 Å². The topological polar surface area (TPSA) is 66.5 Å². The van der Waals surface area contributed by atoms with Crippen LogP contribution in [0.2, 0.25) is 0 Å². The molecule has 0 aliphatic carbocycles. The largest absolute Gasteiger partial charge is 0.337 e. The maximum absolute atomic E-state index is 13.2. The minimum atomic E-state index is -3.54. The lowest BCUT2D eigenvalue weighted by molar-refractivity contribution is -0.135. The van der Waals surface area contributed by atoms with E-state index in [0.717, 1.165) is 18.2 Å². The summed E-state index contributed by atoms with van der Waals surface area (Å²) in [5.41, 5.74) is 0.788. The number of amides is 1. The van der Waals surface area contributed by atoms with E-state index in [4.69, 9.17) is 0 Å². The lowest BCUT2D eigenvalue weighted by Crippen LogP contribution is -2.58. The molecule has 5 nitrogen and oxygen atoms in total. The van der Waals surface area contributed by atoms with Gasteiger partial charge in [0.1, 0.15) is 5.82 Å². The van der Waals surface area contributed by atoms with Gasteiger partial charge in [-0.05, 0) is 50.0 Å². The van der Waals surface area contributed by atoms with Crippen LogP contribution in [0.4, 0.5) is 4.39 Å². The van der Waals surface area contributed by atoms with Gasteiger partial charge in [-0.15, -0.1) is 0 Å². The lowest BCUT2D eigenvalue weighted by Gasteiger charge is -2.38. The monoisotopic (exact) mass is 356 g/mol. The molecular weight excluding hydrogens is 331 g/mol. The highest BCUT2D eigenvalue weighted by Gasteiger charge is 2.50. The Morgan fingerprint density at radius 2 is 1.83 bits per heavy atom. The van der Waals surface area contributed by atoms with Gasteiger partial charge in [-0.2, -0.15) is 0 Å². The molecule has 0 aromatic heterocycles. The van der Waals surface area contributed by atoms with Gasteiger partial charge < -0.3 is 10.2 Å². The Bertz CT molecular complexity index is 668. The van der Waals surface area contributed by atoms with Crippen LogP contribution in [0.3, 0.4) is 0 Å². The van der Waals surface area contributed by atoms with E-state index in [1.54, 1.807) is 17.0 Å². The highest BCUT2D eigenvalue weighted by Crippen LogP contribution is 2.30. The van der Waals surface area contributed by atoms with E-state index in [9.17, 15) is 17.6 Å². The minimum absolute atomic E-state index is 0.286. The molecule has 134 valence electrons. The number of piperidine rings is 1. The van der Waals surface area contributed by atoms with E-state index in [0.29, 0.717) is 19.6 Å². The maximum Gasteiger partial charge on any atom is 0.244 e. The second-order valence-electron chi connectivity index (χ2n) is 6.37. The molecule has 1 aliphatic rings. The minimum Gasteiger partial charge on any atom is -0.337 e. The molecule has 2 rings (SSSR count). The maximum atomic E-state index is 13.2. The van der Waals surface area contributed by atoms with Crippen LogP contribution < -0.4 is 5.32 Å². The van der Waals surface area contributed by atoms with Gasteiger partial charge in [-0.3, -0.25) is 4.79 Å². The predicted molar refractivity (Wildman–Crippen MR) is 91.8 cm³/mol. The van der Waals surface area contributed by atoms with Crippen LogP contribution in [-0.4, -0.2) is 49.9 Å². The number of sulfone groups is 1. The van der Waals surface area contributed by atoms with E-state index in [1.165, 1.54) is 12.1 Å². The van der Waals surface area contributed by atoms with Crippen molar-refractivity contribution in [1.82, 2.24) is 10.2 Å². The molecule has 1 heterocycles. The summed E-state index contributed by atoms with van der Waals surface area (Å²) in [5, 5.41) is 3.12. The van der Waals surface area contributed by atoms with Crippen molar-refractivity contribution in [2.24, 2.45) is 0 Å². The zero-order valence-electron chi connectivity index (χ0n) is 14.2. The molecule has 0 spiro atoms. The van der Waals surface area contributed by atoms with Gasteiger partial charge >= 0.3 is 0 Å². The molecule has 1 N–H and O–H groups in total. The molecule has 0 atom stereocenters. The molecular formula is C17H25FN2O3S. The second-order valence-corrected chi connectivity index (χ2v) is 8.70. The van der Waals surface area contributed by atoms with Gasteiger partial charge in [0.05, 0.1) is 0 Å². The van der Waals surface area contributed by atoms with Crippen molar-refractivity contribution in [3.63, 3.8) is 0 Å². The second kappa shape index (κ2) is 7.61. The van der Waals surface area contributed by atoms with Gasteiger partial charge in [-0.1, -0.05) is 19.1 Å². The first kappa shape index (κ1) is 18.9. The molecule has 1 saturated heterocycles. The van der Waals surface area contributed by atoms with Crippen molar-refractivity contribution in [2.45, 2.75) is 37.5 Å². The number of halogens is 1. The summed E-state index contributed by atoms with van der Waals surface area (Å²) in [4.78, 5) is 14.8. The number of carbonyl (C=O) groups is 1. The van der Waals surface area contributed by atoms with Gasteiger partial charge in [0.25, 0.3) is 0 Å². The Morgan fingerprint density at radius 3 is 2.33 bits per heavy atom. The van der Waals surface area contributed by atoms with Crippen molar-refractivity contribution in [2.75, 3.05) is 25.9 Å². The molecule has 0 radical (unpaired) electrons. The summed E-state index contributed by atoms with van der Waals surface area (Å²) in [6.45, 7) is 3.73. The summed E-state index contributed by atoms with van der Waals surface area (Å²) in [5.74, 6) is -0.671. The molecule has 0 unspecified atom stereocenters. The smallest absolute Gasteiger partial charge is 0.244 e. The number of rotatable bonds is 6. The molecule has 1 aromatic carbocycles. The van der Waals surface area contributed by atoms with Crippen LogP contribution in [0.5, 0.6) is 0 Å². The van der Waals surface area contributed by atoms with Crippen molar-refractivity contribution in [3.05, 3.63) is 35.6 Å². The van der Waals surface area contributed by atoms with E-state index >= 15 is 0 Å². The van der Waals surface area contributed by atoms with Gasteiger partial charge in [0, 0.05) is 19.3 Å². The molecule has 1 fully saturated rings. The average Bonchev–Trinajstić information content (AvgIpc) is 2.55. The molecule has 0 bridgehead atoms. The molecule has 0 saturated carbocycles. The predicted octanol–water partition coefficient (Wildman–Crippen LogP) is 1.73. The molecule has 1 aliphatic heterocycles. The number of carbonyl (C=O) groups excluding carboxylic acids is 1. The van der Waals surface area contributed by atoms with Crippen molar-refractivity contribution >= 4 is 15.7 Å². The van der Waals surface area contributed by atoms with Crippen LogP contribution in [0.15, 0.2) is 24.3 Å². The number of hydrogen-bond donors (Lipinski definition) is 1. The highest BCUT2D eigenvalue weighted by molar-refractivity contribution is 7.92. The zero-order chi connectivity index (χ0) is 17.8. The average molecular weight is 356 g/mol. The molecule has 7 heteroatoms. The van der Waals surface area contributed by atoms with Crippen molar-refractivity contribution in [3.8, 4) is 0 Å². The molecule has 24 heavy (non-hydrogen) atoms. The van der Waals surface area contributed by atoms with Crippen LogP contribution in [-0.2, 0) is 21.2 Å². The first-order valence-corrected chi connectivity index (χ1v) is 10.1. The third-order valence-electron chi connectivity index (χ3n) is 4.58. The summed E-state index contributed by atoms with van der Waals surface area (Å²) in [6.07, 6.45) is 2.45. The Balaban J connectivity index is 2.30. The number of nitrogens with one attached hydrogen (secondary N) is 1. The van der Waals surface area contributed by atoms with E-state index < -0.39 is 14.6 Å². The fraction of sp³-hybridized carbons (Fsp3) is 0.588. The Labute approximate surface area is 143 Å². The standard InChI is InChI=1S/C17H25FN2O3S/c1-3-12-20(13-14-4-6-15(18)7-5-14)16(21)17(24(2,22)23)8-10-19-11-9-17/h4-7,19H,3,8-13H2,1-2H3. The SMILES string of the molecule is CCCN(Cc1ccc(F)cc1)C(=O)C1(S(C)(=O)=O)CCNCC1.